The summed E-state index contributed by atoms with van der Waals surface area (Å²) in [4.78, 5) is 23.9. The first-order valence-corrected chi connectivity index (χ1v) is 28.7. The van der Waals surface area contributed by atoms with E-state index in [1.54, 1.807) is 0 Å². The number of aryl methyl sites for hydroxylation is 6. The summed E-state index contributed by atoms with van der Waals surface area (Å²) in [5.41, 5.74) is 15.7. The van der Waals surface area contributed by atoms with Gasteiger partial charge < -0.3 is 36.5 Å². The molecule has 3 atom stereocenters. The standard InChI is InChI=1S/C21H29N7.C20H30BrN5OS.C11H19BN2O2.H4N4/c1-14-13-24-26(3)18(14)17-15(2)25-20(28-12-9-23-19(17)28)27-10-7-21(8-11-27)6-4-5-16(21)22;1-14-16(21)17-22-10-13-26(17)18(23-14)25-11-8-20(9-12-25)7-5-6-15(20)24-28(27)19(2,3)4;1-8-7-13-14(6)9(8)12-15-10(2,3)11(4,5)16-12;1-3-4-2/h9,12-13,16H,4-8,10-11,22H2,1-3H3;10,13,15,24H,5-9,11-12H2,1-4H3;7H,1-6H3;(H2,1,4)(H2,2,3)/t16-;15-,28-;;/m11../s1. The molecule has 0 bridgehead atoms. The summed E-state index contributed by atoms with van der Waals surface area (Å²) in [6, 6.07) is 0.718. The van der Waals surface area contributed by atoms with Crippen molar-refractivity contribution < 1.29 is 13.5 Å². The first-order chi connectivity index (χ1) is 35.9. The first kappa shape index (κ1) is 57.2. The van der Waals surface area contributed by atoms with Gasteiger partial charge in [0.1, 0.15) is 0 Å². The van der Waals surface area contributed by atoms with Crippen molar-refractivity contribution in [2.45, 2.75) is 168 Å². The Morgan fingerprint density at radius 2 is 1.24 bits per heavy atom. The maximum Gasteiger partial charge on any atom is 0.514 e. The Labute approximate surface area is 459 Å². The summed E-state index contributed by atoms with van der Waals surface area (Å²) in [6.45, 7) is 26.5. The normalized spacial score (nSPS) is 22.0. The van der Waals surface area contributed by atoms with Crippen molar-refractivity contribution >= 4 is 62.8 Å². The van der Waals surface area contributed by atoms with E-state index in [0.29, 0.717) is 17.5 Å². The highest BCUT2D eigenvalue weighted by molar-refractivity contribution is 9.10. The fourth-order valence-corrected chi connectivity index (χ4v) is 13.3. The average Bonchev–Trinajstić information content (AvgIpc) is 4.27. The second-order valence-corrected chi connectivity index (χ2v) is 26.3. The van der Waals surface area contributed by atoms with Crippen LogP contribution in [0.25, 0.3) is 22.6 Å². The molecule has 7 N–H and O–H groups in total. The van der Waals surface area contributed by atoms with Crippen molar-refractivity contribution in [2.24, 2.45) is 52.8 Å². The van der Waals surface area contributed by atoms with Gasteiger partial charge >= 0.3 is 7.12 Å². The SMILES string of the molecule is Cc1cnn(C)c1-c1c(C)nc(N2CCC3(CCC[C@H]3N)CC2)n2ccnc12.Cc1cnn(C)c1B1OC(C)(C)C(C)(C)O1.Cc1nc(N2CCC3(CCC[C@H]3N[S@](=O)C(C)(C)C)CC2)n2ccnc2c1Br.N/N=N/N. The summed E-state index contributed by atoms with van der Waals surface area (Å²) in [6.07, 6.45) is 23.3. The van der Waals surface area contributed by atoms with Crippen LogP contribution in [0.5, 0.6) is 0 Å². The molecule has 0 aromatic carbocycles. The summed E-state index contributed by atoms with van der Waals surface area (Å²) >= 11 is 3.61. The maximum atomic E-state index is 12.7. The molecule has 414 valence electrons. The number of imidazole rings is 2. The molecule has 2 aliphatic carbocycles. The quantitative estimate of drug-likeness (QED) is 0.0565. The molecule has 0 radical (unpaired) electrons. The zero-order valence-corrected chi connectivity index (χ0v) is 49.5. The van der Waals surface area contributed by atoms with Gasteiger partial charge in [0.15, 0.2) is 11.3 Å². The van der Waals surface area contributed by atoms with Gasteiger partial charge in [0.25, 0.3) is 0 Å². The molecule has 0 unspecified atom stereocenters. The zero-order valence-electron chi connectivity index (χ0n) is 47.1. The zero-order chi connectivity index (χ0) is 55.1. The van der Waals surface area contributed by atoms with Crippen LogP contribution in [0.2, 0.25) is 0 Å². The van der Waals surface area contributed by atoms with Gasteiger partial charge in [-0.05, 0) is 165 Å². The van der Waals surface area contributed by atoms with Crippen LogP contribution in [-0.4, -0.2) is 114 Å². The Kier molecular flexibility index (Phi) is 16.8. The Bertz CT molecular complexity index is 2970. The van der Waals surface area contributed by atoms with E-state index >= 15 is 0 Å². The number of hydrogen-bond acceptors (Lipinski definition) is 14. The monoisotopic (exact) mass is 1130 g/mol. The van der Waals surface area contributed by atoms with Crippen molar-refractivity contribution in [1.82, 2.24) is 53.0 Å². The lowest BCUT2D eigenvalue weighted by atomic mass is 9.74. The number of fused-ring (bicyclic) bond motifs is 2. The molecule has 2 spiro atoms. The van der Waals surface area contributed by atoms with Gasteiger partial charge in [0.05, 0.1) is 72.0 Å². The van der Waals surface area contributed by atoms with Gasteiger partial charge in [-0.3, -0.25) is 18.2 Å². The molecule has 3 aliphatic heterocycles. The number of hydrogen-bond donors (Lipinski definition) is 4. The van der Waals surface area contributed by atoms with E-state index in [9.17, 15) is 4.21 Å². The van der Waals surface area contributed by atoms with Crippen LogP contribution in [0.4, 0.5) is 11.9 Å². The largest absolute Gasteiger partial charge is 0.514 e. The smallest absolute Gasteiger partial charge is 0.398 e. The number of piperidine rings is 2. The molecule has 6 aromatic rings. The average molecular weight is 1130 g/mol. The summed E-state index contributed by atoms with van der Waals surface area (Å²) in [5, 5.41) is 13.9. The molecule has 5 aliphatic rings. The third-order valence-corrected chi connectivity index (χ3v) is 19.7. The lowest BCUT2D eigenvalue weighted by molar-refractivity contribution is 0.00578. The van der Waals surface area contributed by atoms with Gasteiger partial charge in [-0.15, -0.1) is 0 Å². The Balaban J connectivity index is 0.000000151. The third kappa shape index (κ3) is 11.2. The summed E-state index contributed by atoms with van der Waals surface area (Å²) < 4.78 is 36.8. The van der Waals surface area contributed by atoms with Gasteiger partial charge in [-0.1, -0.05) is 23.3 Å². The Hall–Kier alpha value is -5.01. The van der Waals surface area contributed by atoms with Gasteiger partial charge in [0.2, 0.25) is 11.9 Å². The predicted octanol–water partition coefficient (Wildman–Crippen LogP) is 7.05. The van der Waals surface area contributed by atoms with Crippen LogP contribution < -0.4 is 37.5 Å². The molecule has 0 amide bonds. The van der Waals surface area contributed by atoms with Crippen molar-refractivity contribution in [3.8, 4) is 11.3 Å². The van der Waals surface area contributed by atoms with Crippen molar-refractivity contribution in [2.75, 3.05) is 36.0 Å². The number of halogens is 1. The lowest BCUT2D eigenvalue weighted by Gasteiger charge is -2.44. The molecule has 6 aromatic heterocycles. The predicted molar refractivity (Wildman–Crippen MR) is 305 cm³/mol. The van der Waals surface area contributed by atoms with Crippen LogP contribution in [0.1, 0.15) is 135 Å². The topological polar surface area (TPSA) is 253 Å². The van der Waals surface area contributed by atoms with Crippen LogP contribution in [0.3, 0.4) is 0 Å². The van der Waals surface area contributed by atoms with Crippen LogP contribution >= 0.6 is 15.9 Å². The minimum Gasteiger partial charge on any atom is -0.398 e. The second kappa shape index (κ2) is 22.4. The number of nitrogens with two attached hydrogens (primary N) is 3. The minimum atomic E-state index is -1.01. The molecular weight excluding hydrogens is 1050 g/mol. The highest BCUT2D eigenvalue weighted by Crippen LogP contribution is 2.48. The van der Waals surface area contributed by atoms with Gasteiger partial charge in [-0.2, -0.15) is 10.2 Å². The second-order valence-electron chi connectivity index (χ2n) is 23.5. The number of aromatic nitrogens is 10. The minimum absolute atomic E-state index is 0.226. The molecule has 21 nitrogen and oxygen atoms in total. The van der Waals surface area contributed by atoms with Gasteiger partial charge in [-0.25, -0.2) is 28.9 Å². The maximum absolute atomic E-state index is 12.7. The number of anilines is 2. The molecule has 9 heterocycles. The number of nitrogens with one attached hydrogen (secondary N) is 1. The number of nitrogens with zero attached hydrogens (tertiary/aromatic N) is 14. The molecule has 11 rings (SSSR count). The first-order valence-electron chi connectivity index (χ1n) is 26.8. The molecular formula is C52H82BBrN18O3S. The highest BCUT2D eigenvalue weighted by Gasteiger charge is 2.53. The van der Waals surface area contributed by atoms with E-state index in [4.69, 9.17) is 30.0 Å². The van der Waals surface area contributed by atoms with Crippen molar-refractivity contribution in [3.63, 3.8) is 0 Å². The summed E-state index contributed by atoms with van der Waals surface area (Å²) in [7, 11) is 2.55. The van der Waals surface area contributed by atoms with E-state index in [-0.39, 0.29) is 28.5 Å². The Morgan fingerprint density at radius 1 is 0.737 bits per heavy atom. The van der Waals surface area contributed by atoms with E-state index in [0.717, 1.165) is 125 Å². The van der Waals surface area contributed by atoms with Crippen molar-refractivity contribution in [1.29, 1.82) is 0 Å². The third-order valence-electron chi connectivity index (χ3n) is 17.2. The molecule has 76 heavy (non-hydrogen) atoms. The molecule has 24 heteroatoms. The lowest BCUT2D eigenvalue weighted by Crippen LogP contribution is -2.51. The molecule has 3 saturated heterocycles. The van der Waals surface area contributed by atoms with E-state index in [1.807, 2.05) is 95.3 Å². The van der Waals surface area contributed by atoms with Gasteiger partial charge in [0, 0.05) is 77.1 Å². The highest BCUT2D eigenvalue weighted by atomic mass is 79.9. The summed E-state index contributed by atoms with van der Waals surface area (Å²) in [5.74, 6) is 10.7. The molecule has 5 fully saturated rings. The van der Waals surface area contributed by atoms with E-state index in [1.165, 1.54) is 32.1 Å². The molecule has 2 saturated carbocycles. The van der Waals surface area contributed by atoms with Crippen LogP contribution in [0.15, 0.2) is 52.1 Å². The van der Waals surface area contributed by atoms with Crippen molar-refractivity contribution in [3.05, 3.63) is 64.2 Å². The Morgan fingerprint density at radius 3 is 1.74 bits per heavy atom. The van der Waals surface area contributed by atoms with Crippen LogP contribution in [0, 0.1) is 38.5 Å². The fraction of sp³-hybridized carbons (Fsp3) is 0.654. The van der Waals surface area contributed by atoms with E-state index in [2.05, 4.69) is 118 Å². The van der Waals surface area contributed by atoms with Crippen LogP contribution in [-0.2, 0) is 34.4 Å². The fourth-order valence-electron chi connectivity index (χ4n) is 11.9. The number of rotatable bonds is 6. The van der Waals surface area contributed by atoms with E-state index < -0.39 is 11.0 Å².